The van der Waals surface area contributed by atoms with E-state index in [9.17, 15) is 0 Å². The molecule has 3 N–H and O–H groups in total. The average molecular weight is 208 g/mol. The van der Waals surface area contributed by atoms with E-state index in [4.69, 9.17) is 11.1 Å². The highest BCUT2D eigenvalue weighted by Crippen LogP contribution is 2.04. The molecule has 0 aromatic heterocycles. The standard InChI is InChI=1S/C8H11N.C3H7N.C2H6/c1-2-7-3-5-8(9)6-4-7;1-3(2)4;1-2/h3-6H,2,9H2,1H3;4H,1-2H3;1-2H3. The first kappa shape index (κ1) is 16.1. The van der Waals surface area contributed by atoms with Gasteiger partial charge in [-0.3, -0.25) is 0 Å². The molecule has 0 fully saturated rings. The van der Waals surface area contributed by atoms with Crippen molar-refractivity contribution in [3.63, 3.8) is 0 Å². The van der Waals surface area contributed by atoms with Crippen molar-refractivity contribution in [1.82, 2.24) is 0 Å². The van der Waals surface area contributed by atoms with Crippen LogP contribution in [0, 0.1) is 5.41 Å². The predicted octanol–water partition coefficient (Wildman–Crippen LogP) is 3.90. The van der Waals surface area contributed by atoms with Crippen LogP contribution in [0.25, 0.3) is 0 Å². The van der Waals surface area contributed by atoms with Gasteiger partial charge in [-0.1, -0.05) is 32.9 Å². The van der Waals surface area contributed by atoms with Gasteiger partial charge in [0.2, 0.25) is 0 Å². The van der Waals surface area contributed by atoms with E-state index in [1.165, 1.54) is 5.56 Å². The van der Waals surface area contributed by atoms with Crippen molar-refractivity contribution in [3.8, 4) is 0 Å². The van der Waals surface area contributed by atoms with Gasteiger partial charge in [0.1, 0.15) is 0 Å². The maximum atomic E-state index is 6.50. The second-order valence-electron chi connectivity index (χ2n) is 3.10. The Labute approximate surface area is 94.0 Å². The van der Waals surface area contributed by atoms with E-state index in [1.807, 2.05) is 26.0 Å². The van der Waals surface area contributed by atoms with Crippen molar-refractivity contribution in [3.05, 3.63) is 29.8 Å². The third-order valence-corrected chi connectivity index (χ3v) is 1.39. The molecule has 86 valence electrons. The SMILES string of the molecule is CC.CC(C)=N.CCc1ccc(N)cc1. The lowest BCUT2D eigenvalue weighted by atomic mass is 10.2. The van der Waals surface area contributed by atoms with Crippen LogP contribution >= 0.6 is 0 Å². The van der Waals surface area contributed by atoms with Gasteiger partial charge in [-0.25, -0.2) is 0 Å². The van der Waals surface area contributed by atoms with Gasteiger partial charge in [-0.15, -0.1) is 0 Å². The van der Waals surface area contributed by atoms with Gasteiger partial charge < -0.3 is 11.1 Å². The molecule has 0 spiro atoms. The second kappa shape index (κ2) is 10.8. The van der Waals surface area contributed by atoms with Gasteiger partial charge in [0.05, 0.1) is 0 Å². The van der Waals surface area contributed by atoms with Crippen molar-refractivity contribution in [2.75, 3.05) is 5.73 Å². The molecule has 2 heteroatoms. The summed E-state index contributed by atoms with van der Waals surface area (Å²) in [7, 11) is 0. The first-order valence-electron chi connectivity index (χ1n) is 5.42. The van der Waals surface area contributed by atoms with Crippen LogP contribution in [0.5, 0.6) is 0 Å². The Kier molecular flexibility index (Phi) is 11.6. The van der Waals surface area contributed by atoms with E-state index in [1.54, 1.807) is 13.8 Å². The molecule has 1 aromatic rings. The minimum absolute atomic E-state index is 0.667. The van der Waals surface area contributed by atoms with Gasteiger partial charge in [-0.05, 0) is 38.0 Å². The fourth-order valence-electron chi connectivity index (χ4n) is 0.753. The number of benzene rings is 1. The Morgan fingerprint density at radius 3 is 1.73 bits per heavy atom. The number of aryl methyl sites for hydroxylation is 1. The summed E-state index contributed by atoms with van der Waals surface area (Å²) in [5.41, 5.74) is 8.33. The lowest BCUT2D eigenvalue weighted by Crippen LogP contribution is -1.84. The van der Waals surface area contributed by atoms with Gasteiger partial charge in [0, 0.05) is 11.4 Å². The van der Waals surface area contributed by atoms with E-state index in [0.717, 1.165) is 12.1 Å². The molecule has 0 aliphatic rings. The third-order valence-electron chi connectivity index (χ3n) is 1.39. The van der Waals surface area contributed by atoms with Crippen LogP contribution in [0.15, 0.2) is 24.3 Å². The quantitative estimate of drug-likeness (QED) is 0.533. The fraction of sp³-hybridized carbons (Fsp3) is 0.462. The normalized spacial score (nSPS) is 7.80. The van der Waals surface area contributed by atoms with E-state index in [2.05, 4.69) is 19.1 Å². The molecule has 2 nitrogen and oxygen atoms in total. The number of hydrogen-bond acceptors (Lipinski definition) is 2. The maximum absolute atomic E-state index is 6.50. The molecular formula is C13H24N2. The number of anilines is 1. The predicted molar refractivity (Wildman–Crippen MR) is 70.7 cm³/mol. The molecule has 0 saturated carbocycles. The van der Waals surface area contributed by atoms with E-state index in [0.29, 0.717) is 5.71 Å². The molecule has 0 aliphatic carbocycles. The Bertz CT molecular complexity index is 246. The van der Waals surface area contributed by atoms with Crippen LogP contribution < -0.4 is 5.73 Å². The molecule has 0 atom stereocenters. The Balaban J connectivity index is 0. The van der Waals surface area contributed by atoms with Crippen LogP contribution in [0.3, 0.4) is 0 Å². The van der Waals surface area contributed by atoms with Crippen LogP contribution in [0.2, 0.25) is 0 Å². The monoisotopic (exact) mass is 208 g/mol. The largest absolute Gasteiger partial charge is 0.399 e. The van der Waals surface area contributed by atoms with Crippen LogP contribution in [-0.4, -0.2) is 5.71 Å². The summed E-state index contributed by atoms with van der Waals surface area (Å²) >= 11 is 0. The van der Waals surface area contributed by atoms with Crippen molar-refractivity contribution in [1.29, 1.82) is 5.41 Å². The molecule has 0 radical (unpaired) electrons. The summed E-state index contributed by atoms with van der Waals surface area (Å²) in [6.45, 7) is 9.63. The molecule has 0 saturated heterocycles. The smallest absolute Gasteiger partial charge is 0.0314 e. The van der Waals surface area contributed by atoms with Crippen LogP contribution in [0.1, 0.15) is 40.2 Å². The zero-order chi connectivity index (χ0) is 12.3. The molecule has 1 rings (SSSR count). The minimum atomic E-state index is 0.667. The van der Waals surface area contributed by atoms with Gasteiger partial charge in [0.15, 0.2) is 0 Å². The van der Waals surface area contributed by atoms with Crippen molar-refractivity contribution >= 4 is 11.4 Å². The van der Waals surface area contributed by atoms with Crippen molar-refractivity contribution in [2.24, 2.45) is 0 Å². The van der Waals surface area contributed by atoms with E-state index < -0.39 is 0 Å². The summed E-state index contributed by atoms with van der Waals surface area (Å²) in [4.78, 5) is 0. The van der Waals surface area contributed by atoms with Gasteiger partial charge >= 0.3 is 0 Å². The lowest BCUT2D eigenvalue weighted by Gasteiger charge is -1.94. The van der Waals surface area contributed by atoms with Crippen LogP contribution in [0.4, 0.5) is 5.69 Å². The molecule has 0 unspecified atom stereocenters. The Hall–Kier alpha value is -1.31. The third kappa shape index (κ3) is 12.7. The zero-order valence-electron chi connectivity index (χ0n) is 10.6. The number of hydrogen-bond donors (Lipinski definition) is 2. The zero-order valence-corrected chi connectivity index (χ0v) is 10.6. The summed E-state index contributed by atoms with van der Waals surface area (Å²) in [5, 5.41) is 6.50. The molecule has 0 bridgehead atoms. The summed E-state index contributed by atoms with van der Waals surface area (Å²) in [6, 6.07) is 7.96. The van der Waals surface area contributed by atoms with E-state index in [-0.39, 0.29) is 0 Å². The van der Waals surface area contributed by atoms with E-state index >= 15 is 0 Å². The molecule has 15 heavy (non-hydrogen) atoms. The number of nitrogen functional groups attached to an aromatic ring is 1. The summed E-state index contributed by atoms with van der Waals surface area (Å²) < 4.78 is 0. The Morgan fingerprint density at radius 1 is 1.13 bits per heavy atom. The van der Waals surface area contributed by atoms with Crippen LogP contribution in [-0.2, 0) is 6.42 Å². The highest BCUT2D eigenvalue weighted by molar-refractivity contribution is 5.75. The first-order valence-corrected chi connectivity index (χ1v) is 5.42. The van der Waals surface area contributed by atoms with Crippen molar-refractivity contribution < 1.29 is 0 Å². The number of rotatable bonds is 1. The summed E-state index contributed by atoms with van der Waals surface area (Å²) in [6.07, 6.45) is 1.08. The van der Waals surface area contributed by atoms with Gasteiger partial charge in [0.25, 0.3) is 0 Å². The summed E-state index contributed by atoms with van der Waals surface area (Å²) in [5.74, 6) is 0. The van der Waals surface area contributed by atoms with Crippen molar-refractivity contribution in [2.45, 2.75) is 41.0 Å². The lowest BCUT2D eigenvalue weighted by molar-refractivity contribution is 1.14. The topological polar surface area (TPSA) is 49.9 Å². The van der Waals surface area contributed by atoms with Gasteiger partial charge in [-0.2, -0.15) is 0 Å². The maximum Gasteiger partial charge on any atom is 0.0314 e. The number of nitrogens with two attached hydrogens (primary N) is 1. The average Bonchev–Trinajstić information content (AvgIpc) is 2.21. The first-order chi connectivity index (χ1) is 7.06. The highest BCUT2D eigenvalue weighted by atomic mass is 14.5. The molecular weight excluding hydrogens is 184 g/mol. The minimum Gasteiger partial charge on any atom is -0.399 e. The molecule has 1 aromatic carbocycles. The highest BCUT2D eigenvalue weighted by Gasteiger charge is 1.85. The second-order valence-corrected chi connectivity index (χ2v) is 3.10. The Morgan fingerprint density at radius 2 is 1.47 bits per heavy atom. The fourth-order valence-corrected chi connectivity index (χ4v) is 0.753. The molecule has 0 heterocycles. The molecule has 0 aliphatic heterocycles. The number of nitrogens with one attached hydrogen (secondary N) is 1. The molecule has 0 amide bonds.